The molecule has 16 heavy (non-hydrogen) atoms. The third kappa shape index (κ3) is 3.22. The van der Waals surface area contributed by atoms with E-state index in [1.165, 1.54) is 0 Å². The van der Waals surface area contributed by atoms with E-state index in [4.69, 9.17) is 11.6 Å². The van der Waals surface area contributed by atoms with Crippen molar-refractivity contribution in [3.8, 4) is 0 Å². The Bertz CT molecular complexity index is 358. The molecule has 1 saturated heterocycles. The second-order valence-electron chi connectivity index (χ2n) is 4.06. The van der Waals surface area contributed by atoms with Gasteiger partial charge in [-0.2, -0.15) is 0 Å². The number of rotatable bonds is 3. The topological polar surface area (TPSA) is 41.1 Å². The van der Waals surface area contributed by atoms with Crippen molar-refractivity contribution in [2.24, 2.45) is 0 Å². The van der Waals surface area contributed by atoms with E-state index < -0.39 is 0 Å². The fraction of sp³-hybridized carbons (Fsp3) is 0.417. The molecule has 3 nitrogen and oxygen atoms in total. The molecule has 1 fully saturated rings. The highest BCUT2D eigenvalue weighted by molar-refractivity contribution is 6.30. The fourth-order valence-electron chi connectivity index (χ4n) is 1.84. The summed E-state index contributed by atoms with van der Waals surface area (Å²) in [5.41, 5.74) is 0.993. The molecule has 1 heterocycles. The highest BCUT2D eigenvalue weighted by atomic mass is 35.5. The summed E-state index contributed by atoms with van der Waals surface area (Å²) in [4.78, 5) is 11.7. The number of halogens is 1. The molecule has 2 rings (SSSR count). The van der Waals surface area contributed by atoms with E-state index in [1.54, 1.807) is 12.1 Å². The predicted molar refractivity (Wildman–Crippen MR) is 64.6 cm³/mol. The van der Waals surface area contributed by atoms with E-state index in [9.17, 15) is 4.79 Å². The highest BCUT2D eigenvalue weighted by Gasteiger charge is 2.16. The van der Waals surface area contributed by atoms with Crippen LogP contribution < -0.4 is 10.6 Å². The van der Waals surface area contributed by atoms with E-state index in [0.717, 1.165) is 25.1 Å². The largest absolute Gasteiger partial charge is 0.352 e. The lowest BCUT2D eigenvalue weighted by Crippen LogP contribution is -2.37. The van der Waals surface area contributed by atoms with Gasteiger partial charge in [-0.15, -0.1) is 0 Å². The minimum absolute atomic E-state index is 0.0797. The molecule has 0 saturated carbocycles. The van der Waals surface area contributed by atoms with Crippen molar-refractivity contribution in [3.05, 3.63) is 34.9 Å². The van der Waals surface area contributed by atoms with Crippen LogP contribution in [0.1, 0.15) is 12.0 Å². The van der Waals surface area contributed by atoms with Gasteiger partial charge in [0.1, 0.15) is 0 Å². The van der Waals surface area contributed by atoms with Crippen molar-refractivity contribution >= 4 is 17.5 Å². The molecule has 1 aliphatic heterocycles. The van der Waals surface area contributed by atoms with E-state index in [1.807, 2.05) is 12.1 Å². The van der Waals surface area contributed by atoms with Crippen LogP contribution in [0, 0.1) is 0 Å². The van der Waals surface area contributed by atoms with Crippen LogP contribution in [0.4, 0.5) is 0 Å². The number of hydrogen-bond donors (Lipinski definition) is 2. The molecule has 86 valence electrons. The monoisotopic (exact) mass is 238 g/mol. The first-order valence-corrected chi connectivity index (χ1v) is 5.86. The third-order valence-electron chi connectivity index (χ3n) is 2.70. The Morgan fingerprint density at radius 1 is 1.44 bits per heavy atom. The number of carbonyl (C=O) groups excluding carboxylic acids is 1. The Balaban J connectivity index is 1.84. The van der Waals surface area contributed by atoms with Gasteiger partial charge >= 0.3 is 0 Å². The van der Waals surface area contributed by atoms with Crippen LogP contribution in [0.5, 0.6) is 0 Å². The maximum atomic E-state index is 11.7. The molecular formula is C12H15ClN2O. The van der Waals surface area contributed by atoms with Crippen molar-refractivity contribution in [2.75, 3.05) is 13.1 Å². The van der Waals surface area contributed by atoms with Gasteiger partial charge in [0.15, 0.2) is 0 Å². The SMILES string of the molecule is O=C(Cc1ccc(Cl)cc1)NC1CCNC1. The fourth-order valence-corrected chi connectivity index (χ4v) is 1.97. The summed E-state index contributed by atoms with van der Waals surface area (Å²) >= 11 is 5.78. The van der Waals surface area contributed by atoms with Gasteiger partial charge in [0, 0.05) is 17.6 Å². The van der Waals surface area contributed by atoms with Crippen LogP contribution in [0.3, 0.4) is 0 Å². The molecular weight excluding hydrogens is 224 g/mol. The first-order chi connectivity index (χ1) is 7.74. The van der Waals surface area contributed by atoms with E-state index >= 15 is 0 Å². The lowest BCUT2D eigenvalue weighted by atomic mass is 10.1. The summed E-state index contributed by atoms with van der Waals surface area (Å²) in [7, 11) is 0. The number of hydrogen-bond acceptors (Lipinski definition) is 2. The van der Waals surface area contributed by atoms with Crippen LogP contribution in [0.2, 0.25) is 5.02 Å². The van der Waals surface area contributed by atoms with Gasteiger partial charge in [0.2, 0.25) is 5.91 Å². The van der Waals surface area contributed by atoms with E-state index in [2.05, 4.69) is 10.6 Å². The zero-order valence-corrected chi connectivity index (χ0v) is 9.76. The average molecular weight is 239 g/mol. The van der Waals surface area contributed by atoms with Gasteiger partial charge in [-0.3, -0.25) is 4.79 Å². The van der Waals surface area contributed by atoms with Gasteiger partial charge in [0.25, 0.3) is 0 Å². The van der Waals surface area contributed by atoms with Gasteiger partial charge in [0.05, 0.1) is 6.42 Å². The van der Waals surface area contributed by atoms with Crippen molar-refractivity contribution in [3.63, 3.8) is 0 Å². The van der Waals surface area contributed by atoms with Crippen molar-refractivity contribution in [2.45, 2.75) is 18.9 Å². The lowest BCUT2D eigenvalue weighted by Gasteiger charge is -2.11. The number of amides is 1. The second-order valence-corrected chi connectivity index (χ2v) is 4.50. The van der Waals surface area contributed by atoms with Gasteiger partial charge in [-0.05, 0) is 30.7 Å². The maximum Gasteiger partial charge on any atom is 0.224 e. The number of benzene rings is 1. The summed E-state index contributed by atoms with van der Waals surface area (Å²) in [5, 5.41) is 6.92. The summed E-state index contributed by atoms with van der Waals surface area (Å²) in [6.45, 7) is 1.87. The molecule has 1 atom stereocenters. The van der Waals surface area contributed by atoms with Crippen LogP contribution in [0.25, 0.3) is 0 Å². The summed E-state index contributed by atoms with van der Waals surface area (Å²) in [5.74, 6) is 0.0797. The van der Waals surface area contributed by atoms with Gasteiger partial charge < -0.3 is 10.6 Å². The molecule has 0 aliphatic carbocycles. The zero-order valence-electron chi connectivity index (χ0n) is 9.00. The highest BCUT2D eigenvalue weighted by Crippen LogP contribution is 2.10. The Morgan fingerprint density at radius 3 is 2.81 bits per heavy atom. The number of carbonyl (C=O) groups is 1. The molecule has 1 aromatic carbocycles. The van der Waals surface area contributed by atoms with Crippen LogP contribution >= 0.6 is 11.6 Å². The second kappa shape index (κ2) is 5.32. The van der Waals surface area contributed by atoms with Crippen molar-refractivity contribution in [1.82, 2.24) is 10.6 Å². The molecule has 1 aliphatic rings. The third-order valence-corrected chi connectivity index (χ3v) is 2.96. The molecule has 0 radical (unpaired) electrons. The first kappa shape index (κ1) is 11.4. The quantitative estimate of drug-likeness (QED) is 0.835. The summed E-state index contributed by atoms with van der Waals surface area (Å²) in [6, 6.07) is 7.67. The Hall–Kier alpha value is -1.06. The van der Waals surface area contributed by atoms with E-state index in [0.29, 0.717) is 17.5 Å². The molecule has 0 spiro atoms. The minimum atomic E-state index is 0.0797. The standard InChI is InChI=1S/C12H15ClN2O/c13-10-3-1-9(2-4-10)7-12(16)15-11-5-6-14-8-11/h1-4,11,14H,5-8H2,(H,15,16). The molecule has 2 N–H and O–H groups in total. The normalized spacial score (nSPS) is 19.7. The molecule has 0 bridgehead atoms. The first-order valence-electron chi connectivity index (χ1n) is 5.48. The van der Waals surface area contributed by atoms with Crippen LogP contribution in [0.15, 0.2) is 24.3 Å². The predicted octanol–water partition coefficient (Wildman–Crippen LogP) is 1.36. The lowest BCUT2D eigenvalue weighted by molar-refractivity contribution is -0.121. The maximum absolute atomic E-state index is 11.7. The molecule has 1 aromatic rings. The average Bonchev–Trinajstić information content (AvgIpc) is 2.74. The zero-order chi connectivity index (χ0) is 11.4. The van der Waals surface area contributed by atoms with Gasteiger partial charge in [-0.1, -0.05) is 23.7 Å². The van der Waals surface area contributed by atoms with E-state index in [-0.39, 0.29) is 5.91 Å². The molecule has 0 aromatic heterocycles. The summed E-state index contributed by atoms with van der Waals surface area (Å²) in [6.07, 6.45) is 1.44. The Kier molecular flexibility index (Phi) is 3.80. The van der Waals surface area contributed by atoms with Gasteiger partial charge in [-0.25, -0.2) is 0 Å². The molecule has 4 heteroatoms. The van der Waals surface area contributed by atoms with Crippen LogP contribution in [-0.2, 0) is 11.2 Å². The summed E-state index contributed by atoms with van der Waals surface area (Å²) < 4.78 is 0. The Labute approximate surface area is 100 Å². The molecule has 1 unspecified atom stereocenters. The minimum Gasteiger partial charge on any atom is -0.352 e. The number of nitrogens with one attached hydrogen (secondary N) is 2. The molecule has 1 amide bonds. The smallest absolute Gasteiger partial charge is 0.224 e. The Morgan fingerprint density at radius 2 is 2.19 bits per heavy atom. The van der Waals surface area contributed by atoms with Crippen LogP contribution in [-0.4, -0.2) is 25.0 Å². The van der Waals surface area contributed by atoms with Crippen molar-refractivity contribution < 1.29 is 4.79 Å². The van der Waals surface area contributed by atoms with Crippen molar-refractivity contribution in [1.29, 1.82) is 0 Å².